The Balaban J connectivity index is 0.985. The summed E-state index contributed by atoms with van der Waals surface area (Å²) in [7, 11) is 0. The van der Waals surface area contributed by atoms with Crippen LogP contribution in [0, 0.1) is 6.92 Å². The Morgan fingerprint density at radius 3 is 2.13 bits per heavy atom. The van der Waals surface area contributed by atoms with Gasteiger partial charge in [0.15, 0.2) is 0 Å². The van der Waals surface area contributed by atoms with E-state index in [1.165, 1.54) is 36.8 Å². The Hall–Kier alpha value is -4.22. The maximum absolute atomic E-state index is 14.0. The molecule has 5 aromatic rings. The summed E-state index contributed by atoms with van der Waals surface area (Å²) in [4.78, 5) is 23.9. The number of aryl methyl sites for hydroxylation is 1. The van der Waals surface area contributed by atoms with Crippen LogP contribution in [0.15, 0.2) is 109 Å². The average molecular weight is 609 g/mol. The monoisotopic (exact) mass is 608 g/mol. The molecule has 5 heteroatoms. The number of imidazole rings is 1. The van der Waals surface area contributed by atoms with E-state index in [2.05, 4.69) is 94.1 Å². The SMILES string of the molecule is Cc1nc2ccccc2n1C1C[C@H]2CC[C@@H](C1)N2CCC1(c2ccccc2)CCN(C(=O)c2ccccc2-c2ccccc2)CC1. The quantitative estimate of drug-likeness (QED) is 0.186. The molecular formula is C41H44N4O. The minimum absolute atomic E-state index is 0.0877. The van der Waals surface area contributed by atoms with Crippen molar-refractivity contribution in [3.63, 3.8) is 0 Å². The van der Waals surface area contributed by atoms with Crippen LogP contribution >= 0.6 is 0 Å². The smallest absolute Gasteiger partial charge is 0.254 e. The van der Waals surface area contributed by atoms with E-state index in [1.54, 1.807) is 0 Å². The molecule has 3 aliphatic heterocycles. The molecule has 0 radical (unpaired) electrons. The summed E-state index contributed by atoms with van der Waals surface area (Å²) in [5, 5.41) is 0. The van der Waals surface area contributed by atoms with E-state index in [0.717, 1.165) is 66.9 Å². The number of likely N-dealkylation sites (tertiary alicyclic amines) is 1. The van der Waals surface area contributed by atoms with Crippen LogP contribution in [-0.2, 0) is 5.41 Å². The van der Waals surface area contributed by atoms with Crippen molar-refractivity contribution in [1.82, 2.24) is 19.4 Å². The lowest BCUT2D eigenvalue weighted by Gasteiger charge is -2.45. The number of amides is 1. The van der Waals surface area contributed by atoms with Crippen LogP contribution in [-0.4, -0.2) is 57.0 Å². The molecule has 3 saturated heterocycles. The van der Waals surface area contributed by atoms with Crippen molar-refractivity contribution in [2.45, 2.75) is 75.4 Å². The third kappa shape index (κ3) is 5.25. The Bertz CT molecular complexity index is 1810. The fourth-order valence-electron chi connectivity index (χ4n) is 9.11. The van der Waals surface area contributed by atoms with Crippen LogP contribution in [0.5, 0.6) is 0 Å². The van der Waals surface area contributed by atoms with Gasteiger partial charge >= 0.3 is 0 Å². The summed E-state index contributed by atoms with van der Waals surface area (Å²) >= 11 is 0. The molecule has 3 fully saturated rings. The standard InChI is InChI=1S/C41H44N4O/c1-30-42-38-18-10-11-19-39(38)45(30)35-28-33-20-21-34(29-35)44(33)27-24-41(32-14-6-3-7-15-32)22-25-43(26-23-41)40(46)37-17-9-8-16-36(37)31-12-4-2-5-13-31/h2-19,33-35H,20-29H2,1H3/t33-,34+,35?. The van der Waals surface area contributed by atoms with E-state index >= 15 is 0 Å². The Morgan fingerprint density at radius 1 is 0.761 bits per heavy atom. The maximum atomic E-state index is 14.0. The van der Waals surface area contributed by atoms with Crippen LogP contribution in [0.1, 0.15) is 72.7 Å². The summed E-state index contributed by atoms with van der Waals surface area (Å²) in [5.74, 6) is 1.30. The van der Waals surface area contributed by atoms with Crippen LogP contribution in [0.25, 0.3) is 22.2 Å². The van der Waals surface area contributed by atoms with Gasteiger partial charge in [-0.1, -0.05) is 91.0 Å². The maximum Gasteiger partial charge on any atom is 0.254 e. The second kappa shape index (κ2) is 12.2. The summed E-state index contributed by atoms with van der Waals surface area (Å²) in [6, 6.07) is 40.0. The van der Waals surface area contributed by atoms with Gasteiger partial charge in [-0.2, -0.15) is 0 Å². The van der Waals surface area contributed by atoms with Gasteiger partial charge in [-0.05, 0) is 98.7 Å². The van der Waals surface area contributed by atoms with E-state index < -0.39 is 0 Å². The van der Waals surface area contributed by atoms with Gasteiger partial charge in [0, 0.05) is 36.8 Å². The fraction of sp³-hybridized carbons (Fsp3) is 0.366. The number of benzene rings is 4. The zero-order valence-corrected chi connectivity index (χ0v) is 26.9. The number of para-hydroxylation sites is 2. The third-order valence-corrected chi connectivity index (χ3v) is 11.5. The largest absolute Gasteiger partial charge is 0.339 e. The lowest BCUT2D eigenvalue weighted by Crippen LogP contribution is -2.49. The van der Waals surface area contributed by atoms with E-state index in [1.807, 2.05) is 36.4 Å². The number of rotatable bonds is 7. The first-order valence-corrected chi connectivity index (χ1v) is 17.3. The van der Waals surface area contributed by atoms with Crippen molar-refractivity contribution < 1.29 is 4.79 Å². The normalized spacial score (nSPS) is 22.7. The lowest BCUT2D eigenvalue weighted by molar-refractivity contribution is 0.0607. The van der Waals surface area contributed by atoms with Crippen molar-refractivity contribution in [2.24, 2.45) is 0 Å². The highest BCUT2D eigenvalue weighted by Crippen LogP contribution is 2.45. The predicted molar refractivity (Wildman–Crippen MR) is 186 cm³/mol. The van der Waals surface area contributed by atoms with E-state index in [0.29, 0.717) is 18.1 Å². The highest BCUT2D eigenvalue weighted by molar-refractivity contribution is 6.01. The molecule has 1 aromatic heterocycles. The number of piperidine rings is 2. The molecule has 0 saturated carbocycles. The molecule has 0 N–H and O–H groups in total. The molecule has 0 aliphatic carbocycles. The molecule has 46 heavy (non-hydrogen) atoms. The first-order valence-electron chi connectivity index (χ1n) is 17.3. The number of carbonyl (C=O) groups is 1. The minimum atomic E-state index is 0.0877. The Morgan fingerprint density at radius 2 is 1.39 bits per heavy atom. The van der Waals surface area contributed by atoms with Gasteiger partial charge in [-0.25, -0.2) is 4.98 Å². The Kier molecular flexibility index (Phi) is 7.73. The van der Waals surface area contributed by atoms with Crippen molar-refractivity contribution in [3.05, 3.63) is 126 Å². The summed E-state index contributed by atoms with van der Waals surface area (Å²) in [6.07, 6.45) is 8.16. The zero-order chi connectivity index (χ0) is 31.1. The van der Waals surface area contributed by atoms with Gasteiger partial charge in [0.25, 0.3) is 5.91 Å². The van der Waals surface area contributed by atoms with Crippen LogP contribution in [0.2, 0.25) is 0 Å². The third-order valence-electron chi connectivity index (χ3n) is 11.5. The summed E-state index contributed by atoms with van der Waals surface area (Å²) in [6.45, 7) is 4.89. The first-order chi connectivity index (χ1) is 22.6. The summed E-state index contributed by atoms with van der Waals surface area (Å²) < 4.78 is 2.53. The van der Waals surface area contributed by atoms with Crippen molar-refractivity contribution in [2.75, 3.05) is 19.6 Å². The molecule has 8 rings (SSSR count). The first kappa shape index (κ1) is 29.2. The van der Waals surface area contributed by atoms with Crippen molar-refractivity contribution in [3.8, 4) is 11.1 Å². The molecule has 1 unspecified atom stereocenters. The van der Waals surface area contributed by atoms with Gasteiger partial charge in [-0.3, -0.25) is 9.69 Å². The molecule has 4 heterocycles. The van der Waals surface area contributed by atoms with Crippen LogP contribution < -0.4 is 0 Å². The number of hydrogen-bond donors (Lipinski definition) is 0. The van der Waals surface area contributed by atoms with E-state index in [-0.39, 0.29) is 11.3 Å². The van der Waals surface area contributed by atoms with Gasteiger partial charge in [0.2, 0.25) is 0 Å². The molecule has 2 bridgehead atoms. The van der Waals surface area contributed by atoms with Crippen molar-refractivity contribution in [1.29, 1.82) is 0 Å². The Labute approximate surface area is 272 Å². The molecule has 0 spiro atoms. The molecule has 4 aromatic carbocycles. The number of fused-ring (bicyclic) bond motifs is 3. The van der Waals surface area contributed by atoms with Gasteiger partial charge in [0.1, 0.15) is 5.82 Å². The van der Waals surface area contributed by atoms with E-state index in [9.17, 15) is 4.79 Å². The molecule has 3 atom stereocenters. The second-order valence-corrected chi connectivity index (χ2v) is 13.9. The van der Waals surface area contributed by atoms with Gasteiger partial charge < -0.3 is 9.47 Å². The van der Waals surface area contributed by atoms with Gasteiger partial charge in [-0.15, -0.1) is 0 Å². The number of hydrogen-bond acceptors (Lipinski definition) is 3. The number of carbonyl (C=O) groups excluding carboxylic acids is 1. The number of aromatic nitrogens is 2. The minimum Gasteiger partial charge on any atom is -0.339 e. The van der Waals surface area contributed by atoms with Crippen molar-refractivity contribution >= 4 is 16.9 Å². The van der Waals surface area contributed by atoms with E-state index in [4.69, 9.17) is 4.98 Å². The molecular weight excluding hydrogens is 564 g/mol. The molecule has 234 valence electrons. The highest BCUT2D eigenvalue weighted by atomic mass is 16.2. The predicted octanol–water partition coefficient (Wildman–Crippen LogP) is 8.44. The summed E-state index contributed by atoms with van der Waals surface area (Å²) in [5.41, 5.74) is 6.85. The average Bonchev–Trinajstić information content (AvgIpc) is 3.58. The second-order valence-electron chi connectivity index (χ2n) is 13.9. The zero-order valence-electron chi connectivity index (χ0n) is 26.9. The molecule has 5 nitrogen and oxygen atoms in total. The topological polar surface area (TPSA) is 41.4 Å². The van der Waals surface area contributed by atoms with Crippen LogP contribution in [0.3, 0.4) is 0 Å². The molecule has 1 amide bonds. The van der Waals surface area contributed by atoms with Crippen LogP contribution in [0.4, 0.5) is 0 Å². The fourth-order valence-corrected chi connectivity index (χ4v) is 9.11. The molecule has 3 aliphatic rings. The number of nitrogens with zero attached hydrogens (tertiary/aromatic N) is 4. The van der Waals surface area contributed by atoms with Gasteiger partial charge in [0.05, 0.1) is 11.0 Å². The highest BCUT2D eigenvalue weighted by Gasteiger charge is 2.44. The lowest BCUT2D eigenvalue weighted by atomic mass is 9.70.